The Bertz CT molecular complexity index is 1380. The van der Waals surface area contributed by atoms with Crippen molar-refractivity contribution in [3.63, 3.8) is 0 Å². The third-order valence-electron chi connectivity index (χ3n) is 5.72. The van der Waals surface area contributed by atoms with Crippen molar-refractivity contribution >= 4 is 23.5 Å². The fourth-order valence-corrected chi connectivity index (χ4v) is 4.90. The summed E-state index contributed by atoms with van der Waals surface area (Å²) >= 11 is 1.32. The second-order valence-electron chi connectivity index (χ2n) is 8.14. The number of carbonyl (C=O) groups excluding carboxylic acids is 2. The molecule has 0 amide bonds. The van der Waals surface area contributed by atoms with Crippen molar-refractivity contribution in [2.24, 2.45) is 0 Å². The van der Waals surface area contributed by atoms with Crippen molar-refractivity contribution in [1.82, 2.24) is 24.7 Å². The first-order valence-corrected chi connectivity index (χ1v) is 12.2. The third kappa shape index (κ3) is 4.77. The first kappa shape index (κ1) is 24.4. The van der Waals surface area contributed by atoms with E-state index in [0.29, 0.717) is 33.5 Å². The summed E-state index contributed by atoms with van der Waals surface area (Å²) in [6.45, 7) is 9.40. The summed E-state index contributed by atoms with van der Waals surface area (Å²) in [5.74, 6) is 0.0815. The van der Waals surface area contributed by atoms with Crippen LogP contribution in [0, 0.1) is 20.8 Å². The van der Waals surface area contributed by atoms with Gasteiger partial charge in [0.15, 0.2) is 16.8 Å². The number of Topliss-reactive ketones (excluding diaryl/α,β-unsaturated/α-hetero) is 1. The summed E-state index contributed by atoms with van der Waals surface area (Å²) in [7, 11) is 0. The second kappa shape index (κ2) is 10.3. The number of esters is 1. The van der Waals surface area contributed by atoms with E-state index in [1.54, 1.807) is 33.2 Å². The number of rotatable bonds is 8. The van der Waals surface area contributed by atoms with Gasteiger partial charge in [-0.05, 0) is 63.9 Å². The van der Waals surface area contributed by atoms with Crippen molar-refractivity contribution in [3.05, 3.63) is 76.9 Å². The lowest BCUT2D eigenvalue weighted by molar-refractivity contribution is 0.0525. The number of hydrogen-bond acceptors (Lipinski definition) is 7. The number of nitrogens with zero attached hydrogens (tertiary/aromatic N) is 4. The molecule has 0 radical (unpaired) electrons. The highest BCUT2D eigenvalue weighted by atomic mass is 32.2. The Kier molecular flexibility index (Phi) is 7.16. The number of pyridine rings is 1. The summed E-state index contributed by atoms with van der Waals surface area (Å²) in [5.41, 5.74) is 4.82. The molecule has 0 aliphatic rings. The molecular formula is C26H27N5O3S. The van der Waals surface area contributed by atoms with Gasteiger partial charge in [0.1, 0.15) is 0 Å². The van der Waals surface area contributed by atoms with Gasteiger partial charge in [-0.3, -0.25) is 14.3 Å². The smallest absolute Gasteiger partial charge is 0.340 e. The molecule has 1 atom stereocenters. The Morgan fingerprint density at radius 1 is 1.11 bits per heavy atom. The number of nitrogens with one attached hydrogen (secondary N) is 1. The zero-order valence-corrected chi connectivity index (χ0v) is 21.1. The van der Waals surface area contributed by atoms with Crippen molar-refractivity contribution in [1.29, 1.82) is 0 Å². The number of ether oxygens (including phenoxy) is 1. The van der Waals surface area contributed by atoms with E-state index in [1.165, 1.54) is 11.8 Å². The van der Waals surface area contributed by atoms with E-state index in [9.17, 15) is 9.59 Å². The molecule has 0 unspecified atom stereocenters. The van der Waals surface area contributed by atoms with Crippen LogP contribution in [0.4, 0.5) is 0 Å². The van der Waals surface area contributed by atoms with E-state index >= 15 is 0 Å². The minimum absolute atomic E-state index is 0.131. The summed E-state index contributed by atoms with van der Waals surface area (Å²) in [6, 6.07) is 11.7. The maximum Gasteiger partial charge on any atom is 0.340 e. The molecule has 0 bridgehead atoms. The lowest BCUT2D eigenvalue weighted by atomic mass is 10.1. The van der Waals surface area contributed by atoms with Crippen LogP contribution >= 0.6 is 11.8 Å². The Morgan fingerprint density at radius 2 is 1.89 bits per heavy atom. The fraction of sp³-hybridized carbons (Fsp3) is 0.269. The normalized spacial score (nSPS) is 11.9. The number of benzene rings is 1. The maximum absolute atomic E-state index is 13.4. The first-order chi connectivity index (χ1) is 16.8. The topological polar surface area (TPSA) is 103 Å². The van der Waals surface area contributed by atoms with Gasteiger partial charge in [-0.1, -0.05) is 30.0 Å². The van der Waals surface area contributed by atoms with E-state index in [0.717, 1.165) is 16.8 Å². The van der Waals surface area contributed by atoms with Crippen LogP contribution in [0.3, 0.4) is 0 Å². The number of aryl methyl sites for hydroxylation is 2. The average molecular weight is 490 g/mol. The van der Waals surface area contributed by atoms with Gasteiger partial charge < -0.3 is 9.72 Å². The maximum atomic E-state index is 13.4. The molecule has 0 aliphatic heterocycles. The highest BCUT2D eigenvalue weighted by Gasteiger charge is 2.28. The van der Waals surface area contributed by atoms with E-state index in [-0.39, 0.29) is 12.4 Å². The molecule has 4 aromatic rings. The Balaban J connectivity index is 1.70. The van der Waals surface area contributed by atoms with Crippen molar-refractivity contribution in [2.75, 3.05) is 6.61 Å². The average Bonchev–Trinajstić information content (AvgIpc) is 3.39. The molecule has 3 heterocycles. The highest BCUT2D eigenvalue weighted by Crippen LogP contribution is 2.33. The van der Waals surface area contributed by atoms with Gasteiger partial charge in [-0.15, -0.1) is 10.2 Å². The Hall–Kier alpha value is -3.72. The number of thioether (sulfide) groups is 1. The number of ketones is 1. The molecule has 8 nitrogen and oxygen atoms in total. The molecule has 0 saturated carbocycles. The predicted molar refractivity (Wildman–Crippen MR) is 135 cm³/mol. The van der Waals surface area contributed by atoms with Crippen molar-refractivity contribution < 1.29 is 14.3 Å². The third-order valence-corrected chi connectivity index (χ3v) is 6.77. The summed E-state index contributed by atoms with van der Waals surface area (Å²) in [5, 5.41) is 8.97. The van der Waals surface area contributed by atoms with Gasteiger partial charge in [0.05, 0.1) is 28.8 Å². The van der Waals surface area contributed by atoms with Crippen LogP contribution in [-0.4, -0.2) is 48.3 Å². The van der Waals surface area contributed by atoms with Crippen molar-refractivity contribution in [3.8, 4) is 17.1 Å². The predicted octanol–water partition coefficient (Wildman–Crippen LogP) is 5.12. The molecular weight excluding hydrogens is 462 g/mol. The molecule has 3 aromatic heterocycles. The van der Waals surface area contributed by atoms with E-state index in [4.69, 9.17) is 4.74 Å². The zero-order chi connectivity index (χ0) is 25.1. The van der Waals surface area contributed by atoms with Gasteiger partial charge >= 0.3 is 5.97 Å². The molecule has 1 aromatic carbocycles. The summed E-state index contributed by atoms with van der Waals surface area (Å²) < 4.78 is 7.11. The number of aromatic nitrogens is 5. The van der Waals surface area contributed by atoms with Gasteiger partial charge in [-0.2, -0.15) is 0 Å². The monoisotopic (exact) mass is 489 g/mol. The molecule has 35 heavy (non-hydrogen) atoms. The molecule has 9 heteroatoms. The van der Waals surface area contributed by atoms with E-state index in [1.807, 2.05) is 54.8 Å². The highest BCUT2D eigenvalue weighted by molar-refractivity contribution is 8.00. The van der Waals surface area contributed by atoms with E-state index < -0.39 is 11.2 Å². The Morgan fingerprint density at radius 3 is 2.57 bits per heavy atom. The quantitative estimate of drug-likeness (QED) is 0.208. The van der Waals surface area contributed by atoms with Crippen LogP contribution in [0.5, 0.6) is 0 Å². The van der Waals surface area contributed by atoms with Crippen LogP contribution in [-0.2, 0) is 4.74 Å². The number of carbonyl (C=O) groups is 2. The van der Waals surface area contributed by atoms with Crippen molar-refractivity contribution in [2.45, 2.75) is 45.0 Å². The van der Waals surface area contributed by atoms with Crippen LogP contribution in [0.15, 0.2) is 53.9 Å². The largest absolute Gasteiger partial charge is 0.462 e. The lowest BCUT2D eigenvalue weighted by Gasteiger charge is -2.15. The molecule has 4 rings (SSSR count). The standard InChI is InChI=1S/C26H27N5O3S/c1-6-34-25(33)21-16(3)22(28-17(21)4)23(32)18(5)35-26-30-29-24(19-11-9-13-27-14-19)31(26)20-12-8-7-10-15(20)2/h7-14,18,28H,6H2,1-5H3/t18-/m0/s1. The molecule has 1 N–H and O–H groups in total. The second-order valence-corrected chi connectivity index (χ2v) is 9.45. The molecule has 180 valence electrons. The van der Waals surface area contributed by atoms with E-state index in [2.05, 4.69) is 20.2 Å². The minimum atomic E-state index is -0.490. The number of aromatic amines is 1. The van der Waals surface area contributed by atoms with Crippen LogP contribution in [0.25, 0.3) is 17.1 Å². The van der Waals surface area contributed by atoms with Gasteiger partial charge in [-0.25, -0.2) is 4.79 Å². The number of hydrogen-bond donors (Lipinski definition) is 1. The fourth-order valence-electron chi connectivity index (χ4n) is 3.98. The van der Waals surface area contributed by atoms with Gasteiger partial charge in [0.2, 0.25) is 0 Å². The minimum Gasteiger partial charge on any atom is -0.462 e. The SMILES string of the molecule is CCOC(=O)c1c(C)[nH]c(C(=O)[C@H](C)Sc2nnc(-c3cccnc3)n2-c2ccccc2C)c1C. The molecule has 0 saturated heterocycles. The molecule has 0 fully saturated rings. The lowest BCUT2D eigenvalue weighted by Crippen LogP contribution is -2.16. The van der Waals surface area contributed by atoms with Gasteiger partial charge in [0, 0.05) is 23.7 Å². The summed E-state index contributed by atoms with van der Waals surface area (Å²) in [4.78, 5) is 33.1. The molecule has 0 spiro atoms. The van der Waals surface area contributed by atoms with Crippen LogP contribution in [0.2, 0.25) is 0 Å². The summed E-state index contributed by atoms with van der Waals surface area (Å²) in [6.07, 6.45) is 3.45. The van der Waals surface area contributed by atoms with Crippen LogP contribution < -0.4 is 0 Å². The number of H-pyrrole nitrogens is 1. The number of para-hydroxylation sites is 1. The van der Waals surface area contributed by atoms with Gasteiger partial charge in [0.25, 0.3) is 0 Å². The zero-order valence-electron chi connectivity index (χ0n) is 20.3. The molecule has 0 aliphatic carbocycles. The first-order valence-electron chi connectivity index (χ1n) is 11.3. The Labute approximate surface area is 208 Å². The van der Waals surface area contributed by atoms with Crippen LogP contribution in [0.1, 0.15) is 51.5 Å².